The van der Waals surface area contributed by atoms with Crippen molar-refractivity contribution in [2.24, 2.45) is 5.84 Å². The van der Waals surface area contributed by atoms with E-state index >= 15 is 0 Å². The van der Waals surface area contributed by atoms with Gasteiger partial charge in [0, 0.05) is 11.1 Å². The third-order valence-electron chi connectivity index (χ3n) is 2.81. The predicted molar refractivity (Wildman–Crippen MR) is 71.6 cm³/mol. The van der Waals surface area contributed by atoms with Crippen LogP contribution < -0.4 is 11.3 Å². The normalized spacial score (nSPS) is 12.4. The van der Waals surface area contributed by atoms with Gasteiger partial charge in [0.15, 0.2) is 0 Å². The lowest BCUT2D eigenvalue weighted by Gasteiger charge is -2.16. The van der Waals surface area contributed by atoms with E-state index in [9.17, 15) is 8.78 Å². The molecule has 2 nitrogen and oxygen atoms in total. The zero-order valence-corrected chi connectivity index (χ0v) is 10.8. The average molecular weight is 283 g/mol. The summed E-state index contributed by atoms with van der Waals surface area (Å²) in [6.07, 6.45) is 0.367. The molecule has 0 radical (unpaired) electrons. The summed E-state index contributed by atoms with van der Waals surface area (Å²) in [5.41, 5.74) is 4.02. The molecule has 0 bridgehead atoms. The van der Waals surface area contributed by atoms with Crippen LogP contribution in [0.25, 0.3) is 0 Å². The maximum Gasteiger partial charge on any atom is 0.126 e. The summed E-state index contributed by atoms with van der Waals surface area (Å²) in [5, 5.41) is 0.586. The van der Waals surface area contributed by atoms with Crippen LogP contribution in [0.15, 0.2) is 42.5 Å². The van der Waals surface area contributed by atoms with Crippen LogP contribution in [0, 0.1) is 11.6 Å². The standard InChI is InChI=1S/C14H13ClF2N2/c15-11-3-1-2-10(7-11)14(19-18)6-9-4-12(16)8-13(17)5-9/h1-5,7-8,14,19H,6,18H2. The largest absolute Gasteiger partial charge is 0.271 e. The highest BCUT2D eigenvalue weighted by Gasteiger charge is 2.12. The second kappa shape index (κ2) is 6.10. The Morgan fingerprint density at radius 2 is 1.79 bits per heavy atom. The van der Waals surface area contributed by atoms with Crippen LogP contribution in [0.5, 0.6) is 0 Å². The number of rotatable bonds is 4. The predicted octanol–water partition coefficient (Wildman–Crippen LogP) is 3.37. The van der Waals surface area contributed by atoms with Crippen molar-refractivity contribution in [1.82, 2.24) is 5.43 Å². The molecule has 1 unspecified atom stereocenters. The van der Waals surface area contributed by atoms with Crippen molar-refractivity contribution in [3.8, 4) is 0 Å². The van der Waals surface area contributed by atoms with Crippen molar-refractivity contribution in [2.45, 2.75) is 12.5 Å². The fourth-order valence-electron chi connectivity index (χ4n) is 1.96. The molecule has 2 aromatic rings. The second-order valence-electron chi connectivity index (χ2n) is 4.26. The average Bonchev–Trinajstić information content (AvgIpc) is 2.34. The van der Waals surface area contributed by atoms with Crippen LogP contribution in [0.2, 0.25) is 5.02 Å². The monoisotopic (exact) mass is 282 g/mol. The van der Waals surface area contributed by atoms with Crippen molar-refractivity contribution < 1.29 is 8.78 Å². The molecule has 0 aromatic heterocycles. The van der Waals surface area contributed by atoms with Crippen LogP contribution in [-0.4, -0.2) is 0 Å². The lowest BCUT2D eigenvalue weighted by molar-refractivity contribution is 0.540. The molecule has 0 aliphatic heterocycles. The van der Waals surface area contributed by atoms with E-state index < -0.39 is 11.6 Å². The van der Waals surface area contributed by atoms with E-state index in [1.807, 2.05) is 6.07 Å². The maximum atomic E-state index is 13.1. The van der Waals surface area contributed by atoms with Crippen LogP contribution in [0.4, 0.5) is 8.78 Å². The zero-order valence-electron chi connectivity index (χ0n) is 10.0. The van der Waals surface area contributed by atoms with Crippen LogP contribution in [0.1, 0.15) is 17.2 Å². The Hall–Kier alpha value is -1.49. The van der Waals surface area contributed by atoms with E-state index in [0.29, 0.717) is 17.0 Å². The molecule has 0 heterocycles. The van der Waals surface area contributed by atoms with Crippen molar-refractivity contribution in [3.63, 3.8) is 0 Å². The van der Waals surface area contributed by atoms with E-state index in [-0.39, 0.29) is 6.04 Å². The number of hydrogen-bond acceptors (Lipinski definition) is 2. The summed E-state index contributed by atoms with van der Waals surface area (Å²) in [7, 11) is 0. The molecular weight excluding hydrogens is 270 g/mol. The van der Waals surface area contributed by atoms with Crippen molar-refractivity contribution in [2.75, 3.05) is 0 Å². The molecule has 5 heteroatoms. The molecule has 0 spiro atoms. The van der Waals surface area contributed by atoms with E-state index in [1.165, 1.54) is 12.1 Å². The lowest BCUT2D eigenvalue weighted by Crippen LogP contribution is -2.29. The molecule has 0 aliphatic carbocycles. The first kappa shape index (κ1) is 13.9. The molecule has 0 saturated carbocycles. The summed E-state index contributed by atoms with van der Waals surface area (Å²) in [6.45, 7) is 0. The number of hydrazine groups is 1. The van der Waals surface area contributed by atoms with Gasteiger partial charge in [0.25, 0.3) is 0 Å². The molecule has 3 N–H and O–H groups in total. The summed E-state index contributed by atoms with van der Waals surface area (Å²) in [5.74, 6) is 4.30. The van der Waals surface area contributed by atoms with Gasteiger partial charge in [0.2, 0.25) is 0 Å². The fraction of sp³-hybridized carbons (Fsp3) is 0.143. The maximum absolute atomic E-state index is 13.1. The highest BCUT2D eigenvalue weighted by Crippen LogP contribution is 2.21. The summed E-state index contributed by atoms with van der Waals surface area (Å²) >= 11 is 5.91. The summed E-state index contributed by atoms with van der Waals surface area (Å²) in [4.78, 5) is 0. The molecular formula is C14H13ClF2N2. The third-order valence-corrected chi connectivity index (χ3v) is 3.05. The Morgan fingerprint density at radius 3 is 2.37 bits per heavy atom. The van der Waals surface area contributed by atoms with Gasteiger partial charge in [-0.2, -0.15) is 0 Å². The minimum atomic E-state index is -0.600. The number of nitrogens with two attached hydrogens (primary N) is 1. The second-order valence-corrected chi connectivity index (χ2v) is 4.69. The van der Waals surface area contributed by atoms with Crippen molar-refractivity contribution >= 4 is 11.6 Å². The van der Waals surface area contributed by atoms with Crippen LogP contribution >= 0.6 is 11.6 Å². The third kappa shape index (κ3) is 3.73. The first-order chi connectivity index (χ1) is 9.08. The van der Waals surface area contributed by atoms with E-state index in [2.05, 4.69) is 5.43 Å². The summed E-state index contributed by atoms with van der Waals surface area (Å²) in [6, 6.07) is 10.3. The van der Waals surface area contributed by atoms with Gasteiger partial charge in [0.1, 0.15) is 11.6 Å². The van der Waals surface area contributed by atoms with Gasteiger partial charge in [0.05, 0.1) is 6.04 Å². The fourth-order valence-corrected chi connectivity index (χ4v) is 2.16. The molecule has 0 amide bonds. The van der Waals surface area contributed by atoms with Gasteiger partial charge >= 0.3 is 0 Å². The van der Waals surface area contributed by atoms with Gasteiger partial charge in [-0.1, -0.05) is 23.7 Å². The van der Waals surface area contributed by atoms with Crippen LogP contribution in [0.3, 0.4) is 0 Å². The highest BCUT2D eigenvalue weighted by molar-refractivity contribution is 6.30. The molecule has 2 aromatic carbocycles. The number of benzene rings is 2. The Balaban J connectivity index is 2.23. The van der Waals surface area contributed by atoms with Crippen molar-refractivity contribution in [1.29, 1.82) is 0 Å². The van der Waals surface area contributed by atoms with E-state index in [1.54, 1.807) is 18.2 Å². The Morgan fingerprint density at radius 1 is 1.11 bits per heavy atom. The summed E-state index contributed by atoms with van der Waals surface area (Å²) < 4.78 is 26.3. The van der Waals surface area contributed by atoms with Gasteiger partial charge in [-0.05, 0) is 41.8 Å². The lowest BCUT2D eigenvalue weighted by atomic mass is 9.99. The Bertz CT molecular complexity index is 555. The molecule has 100 valence electrons. The van der Waals surface area contributed by atoms with Crippen molar-refractivity contribution in [3.05, 3.63) is 70.2 Å². The molecule has 0 fully saturated rings. The minimum Gasteiger partial charge on any atom is -0.271 e. The quantitative estimate of drug-likeness (QED) is 0.666. The Kier molecular flexibility index (Phi) is 4.47. The van der Waals surface area contributed by atoms with E-state index in [4.69, 9.17) is 17.4 Å². The number of nitrogens with one attached hydrogen (secondary N) is 1. The number of hydrogen-bond donors (Lipinski definition) is 2. The van der Waals surface area contributed by atoms with Gasteiger partial charge in [-0.3, -0.25) is 11.3 Å². The molecule has 1 atom stereocenters. The van der Waals surface area contributed by atoms with Crippen LogP contribution in [-0.2, 0) is 6.42 Å². The van der Waals surface area contributed by atoms with Gasteiger partial charge in [-0.15, -0.1) is 0 Å². The first-order valence-electron chi connectivity index (χ1n) is 5.75. The molecule has 0 saturated heterocycles. The SMILES string of the molecule is NNC(Cc1cc(F)cc(F)c1)c1cccc(Cl)c1. The zero-order chi connectivity index (χ0) is 13.8. The minimum absolute atomic E-state index is 0.264. The van der Waals surface area contributed by atoms with E-state index in [0.717, 1.165) is 11.6 Å². The smallest absolute Gasteiger partial charge is 0.126 e. The molecule has 0 aliphatic rings. The highest BCUT2D eigenvalue weighted by atomic mass is 35.5. The Labute approximate surface area is 115 Å². The van der Waals surface area contributed by atoms with Gasteiger partial charge in [-0.25, -0.2) is 8.78 Å². The molecule has 19 heavy (non-hydrogen) atoms. The molecule has 2 rings (SSSR count). The number of halogens is 3. The first-order valence-corrected chi connectivity index (χ1v) is 6.13. The van der Waals surface area contributed by atoms with Gasteiger partial charge < -0.3 is 0 Å². The topological polar surface area (TPSA) is 38.0 Å².